The first-order valence-electron chi connectivity index (χ1n) is 7.49. The smallest absolute Gasteiger partial charge is 0.243 e. The van der Waals surface area contributed by atoms with Crippen LogP contribution in [-0.2, 0) is 4.79 Å². The molecule has 1 aliphatic rings. The number of carbonyl (C=O) groups is 1. The highest BCUT2D eigenvalue weighted by atomic mass is 16.5. The molecule has 0 atom stereocenters. The van der Waals surface area contributed by atoms with Crippen molar-refractivity contribution in [3.63, 3.8) is 0 Å². The predicted octanol–water partition coefficient (Wildman–Crippen LogP) is 2.82. The minimum Gasteiger partial charge on any atom is -0.504 e. The van der Waals surface area contributed by atoms with Gasteiger partial charge in [0.1, 0.15) is 0 Å². The molecule has 1 saturated carbocycles. The highest BCUT2D eigenvalue weighted by Crippen LogP contribution is 2.26. The Morgan fingerprint density at radius 1 is 1.43 bits per heavy atom. The Morgan fingerprint density at radius 2 is 2.19 bits per heavy atom. The largest absolute Gasteiger partial charge is 0.504 e. The topological polar surface area (TPSA) is 70.9 Å². The van der Waals surface area contributed by atoms with Crippen LogP contribution in [-0.4, -0.2) is 23.8 Å². The van der Waals surface area contributed by atoms with Gasteiger partial charge in [0.05, 0.1) is 12.8 Å². The van der Waals surface area contributed by atoms with Gasteiger partial charge in [-0.3, -0.25) is 4.79 Å². The van der Waals surface area contributed by atoms with Crippen molar-refractivity contribution >= 4 is 12.1 Å². The van der Waals surface area contributed by atoms with Gasteiger partial charge in [-0.05, 0) is 43.5 Å². The van der Waals surface area contributed by atoms with Crippen molar-refractivity contribution in [1.29, 1.82) is 0 Å². The average Bonchev–Trinajstić information content (AvgIpc) is 2.51. The van der Waals surface area contributed by atoms with Gasteiger partial charge in [0.15, 0.2) is 11.5 Å². The number of amides is 1. The van der Waals surface area contributed by atoms with E-state index in [2.05, 4.69) is 10.5 Å². The van der Waals surface area contributed by atoms with Crippen molar-refractivity contribution in [2.45, 2.75) is 39.0 Å². The summed E-state index contributed by atoms with van der Waals surface area (Å²) in [5.74, 6) is 0.602. The van der Waals surface area contributed by atoms with Gasteiger partial charge in [0.2, 0.25) is 5.91 Å². The van der Waals surface area contributed by atoms with Crippen LogP contribution in [0, 0.1) is 5.92 Å². The Kier molecular flexibility index (Phi) is 5.60. The zero-order chi connectivity index (χ0) is 15.1. The lowest BCUT2D eigenvalue weighted by Gasteiger charge is -2.19. The van der Waals surface area contributed by atoms with E-state index in [4.69, 9.17) is 4.74 Å². The van der Waals surface area contributed by atoms with Crippen LogP contribution in [0.3, 0.4) is 0 Å². The summed E-state index contributed by atoms with van der Waals surface area (Å²) < 4.78 is 5.30. The Hall–Kier alpha value is -2.04. The third kappa shape index (κ3) is 4.48. The van der Waals surface area contributed by atoms with E-state index in [0.717, 1.165) is 31.2 Å². The van der Waals surface area contributed by atoms with Crippen molar-refractivity contribution in [2.24, 2.45) is 11.0 Å². The molecule has 5 nitrogen and oxygen atoms in total. The lowest BCUT2D eigenvalue weighted by Crippen LogP contribution is -2.28. The number of carbonyl (C=O) groups excluding carboxylic acids is 1. The summed E-state index contributed by atoms with van der Waals surface area (Å²) in [5, 5.41) is 13.6. The minimum absolute atomic E-state index is 0.00485. The van der Waals surface area contributed by atoms with Gasteiger partial charge in [0.25, 0.3) is 0 Å². The molecular formula is C16H22N2O3. The summed E-state index contributed by atoms with van der Waals surface area (Å²) in [4.78, 5) is 11.9. The maximum atomic E-state index is 11.9. The maximum absolute atomic E-state index is 11.9. The van der Waals surface area contributed by atoms with Crippen molar-refractivity contribution in [2.75, 3.05) is 6.61 Å². The SMILES string of the molecule is CCOc1cc(/C=N/NC(=O)C2CCCCC2)ccc1O. The maximum Gasteiger partial charge on any atom is 0.243 e. The number of hydrogen-bond acceptors (Lipinski definition) is 4. The normalized spacial score (nSPS) is 16.0. The van der Waals surface area contributed by atoms with E-state index in [0.29, 0.717) is 12.4 Å². The second-order valence-corrected chi connectivity index (χ2v) is 5.23. The predicted molar refractivity (Wildman–Crippen MR) is 81.6 cm³/mol. The third-order valence-corrected chi connectivity index (χ3v) is 3.65. The van der Waals surface area contributed by atoms with Crippen molar-refractivity contribution in [1.82, 2.24) is 5.43 Å². The van der Waals surface area contributed by atoms with E-state index in [1.54, 1.807) is 24.4 Å². The fourth-order valence-corrected chi connectivity index (χ4v) is 2.51. The molecule has 0 aromatic heterocycles. The number of benzene rings is 1. The molecule has 0 heterocycles. The highest BCUT2D eigenvalue weighted by Gasteiger charge is 2.20. The van der Waals surface area contributed by atoms with Gasteiger partial charge in [-0.15, -0.1) is 0 Å². The number of aromatic hydroxyl groups is 1. The molecule has 0 saturated heterocycles. The molecule has 21 heavy (non-hydrogen) atoms. The van der Waals surface area contributed by atoms with Gasteiger partial charge in [-0.2, -0.15) is 5.10 Å². The van der Waals surface area contributed by atoms with E-state index in [-0.39, 0.29) is 17.6 Å². The van der Waals surface area contributed by atoms with Crippen molar-refractivity contribution in [3.05, 3.63) is 23.8 Å². The second-order valence-electron chi connectivity index (χ2n) is 5.23. The summed E-state index contributed by atoms with van der Waals surface area (Å²) in [6, 6.07) is 4.96. The number of hydrogen-bond donors (Lipinski definition) is 2. The first kappa shape index (κ1) is 15.4. The van der Waals surface area contributed by atoms with E-state index >= 15 is 0 Å². The van der Waals surface area contributed by atoms with Gasteiger partial charge in [-0.1, -0.05) is 19.3 Å². The number of nitrogens with zero attached hydrogens (tertiary/aromatic N) is 1. The van der Waals surface area contributed by atoms with Crippen LogP contribution in [0.2, 0.25) is 0 Å². The molecule has 5 heteroatoms. The fourth-order valence-electron chi connectivity index (χ4n) is 2.51. The van der Waals surface area contributed by atoms with Crippen LogP contribution < -0.4 is 10.2 Å². The molecule has 1 aromatic carbocycles. The summed E-state index contributed by atoms with van der Waals surface area (Å²) in [7, 11) is 0. The molecule has 2 rings (SSSR count). The summed E-state index contributed by atoms with van der Waals surface area (Å²) in [5.41, 5.74) is 3.36. The first-order valence-corrected chi connectivity index (χ1v) is 7.49. The van der Waals surface area contributed by atoms with Crippen LogP contribution in [0.15, 0.2) is 23.3 Å². The van der Waals surface area contributed by atoms with E-state index in [1.807, 2.05) is 6.92 Å². The number of ether oxygens (including phenoxy) is 1. The van der Waals surface area contributed by atoms with Crippen LogP contribution in [0.4, 0.5) is 0 Å². The lowest BCUT2D eigenvalue weighted by molar-refractivity contribution is -0.125. The fraction of sp³-hybridized carbons (Fsp3) is 0.500. The molecule has 0 spiro atoms. The van der Waals surface area contributed by atoms with Crippen LogP contribution in [0.1, 0.15) is 44.6 Å². The number of phenols is 1. The average molecular weight is 290 g/mol. The zero-order valence-corrected chi connectivity index (χ0v) is 12.3. The monoisotopic (exact) mass is 290 g/mol. The second kappa shape index (κ2) is 7.67. The van der Waals surface area contributed by atoms with Crippen molar-refractivity contribution in [3.8, 4) is 11.5 Å². The van der Waals surface area contributed by atoms with Crippen LogP contribution >= 0.6 is 0 Å². The molecule has 0 radical (unpaired) electrons. The molecule has 114 valence electrons. The molecular weight excluding hydrogens is 268 g/mol. The molecule has 2 N–H and O–H groups in total. The van der Waals surface area contributed by atoms with Gasteiger partial charge in [-0.25, -0.2) is 5.43 Å². The lowest BCUT2D eigenvalue weighted by atomic mass is 9.89. The number of nitrogens with one attached hydrogen (secondary N) is 1. The molecule has 1 fully saturated rings. The molecule has 0 bridgehead atoms. The van der Waals surface area contributed by atoms with Crippen LogP contribution in [0.5, 0.6) is 11.5 Å². The first-order chi connectivity index (χ1) is 10.2. The van der Waals surface area contributed by atoms with Crippen molar-refractivity contribution < 1.29 is 14.6 Å². The third-order valence-electron chi connectivity index (χ3n) is 3.65. The minimum atomic E-state index is -0.00485. The van der Waals surface area contributed by atoms with Gasteiger partial charge >= 0.3 is 0 Å². The zero-order valence-electron chi connectivity index (χ0n) is 12.3. The summed E-state index contributed by atoms with van der Waals surface area (Å²) >= 11 is 0. The highest BCUT2D eigenvalue weighted by molar-refractivity contribution is 5.84. The Balaban J connectivity index is 1.91. The summed E-state index contributed by atoms with van der Waals surface area (Å²) in [6.45, 7) is 2.33. The standard InChI is InChI=1S/C16H22N2O3/c1-2-21-15-10-12(8-9-14(15)19)11-17-18-16(20)13-6-4-3-5-7-13/h8-11,13,19H,2-7H2,1H3,(H,18,20)/b17-11+. The van der Waals surface area contributed by atoms with Gasteiger partial charge in [0, 0.05) is 5.92 Å². The quantitative estimate of drug-likeness (QED) is 0.647. The Labute approximate surface area is 125 Å². The van der Waals surface area contributed by atoms with Crippen LogP contribution in [0.25, 0.3) is 0 Å². The number of phenolic OH excluding ortho intramolecular Hbond substituents is 1. The molecule has 0 unspecified atom stereocenters. The summed E-state index contributed by atoms with van der Waals surface area (Å²) in [6.07, 6.45) is 6.93. The molecule has 1 aromatic rings. The Bertz CT molecular complexity index is 508. The van der Waals surface area contributed by atoms with E-state index in [9.17, 15) is 9.90 Å². The van der Waals surface area contributed by atoms with Gasteiger partial charge < -0.3 is 9.84 Å². The Morgan fingerprint density at radius 3 is 2.90 bits per heavy atom. The molecule has 0 aliphatic heterocycles. The number of rotatable bonds is 5. The molecule has 1 amide bonds. The number of hydrazone groups is 1. The van der Waals surface area contributed by atoms with E-state index < -0.39 is 0 Å². The van der Waals surface area contributed by atoms with E-state index in [1.165, 1.54) is 6.42 Å². The molecule has 1 aliphatic carbocycles.